The molecule has 112 valence electrons. The second kappa shape index (κ2) is 5.77. The van der Waals surface area contributed by atoms with Crippen LogP contribution in [0.15, 0.2) is 0 Å². The van der Waals surface area contributed by atoms with Crippen molar-refractivity contribution in [3.63, 3.8) is 0 Å². The lowest BCUT2D eigenvalue weighted by atomic mass is 10.0. The molecule has 0 spiro atoms. The number of esters is 1. The Kier molecular flexibility index (Phi) is 4.98. The van der Waals surface area contributed by atoms with Crippen LogP contribution < -0.4 is 5.73 Å². The van der Waals surface area contributed by atoms with Gasteiger partial charge in [-0.3, -0.25) is 4.79 Å². The summed E-state index contributed by atoms with van der Waals surface area (Å²) < 4.78 is 16.8. The van der Waals surface area contributed by atoms with Crippen molar-refractivity contribution in [3.05, 3.63) is 0 Å². The molecule has 1 heterocycles. The van der Waals surface area contributed by atoms with Gasteiger partial charge in [-0.05, 0) is 41.0 Å². The summed E-state index contributed by atoms with van der Waals surface area (Å²) in [5.41, 5.74) is 5.59. The highest BCUT2D eigenvalue weighted by Gasteiger charge is 2.43. The molecule has 0 aromatic rings. The molecular formula is C14H27NO4. The summed E-state index contributed by atoms with van der Waals surface area (Å²) in [7, 11) is 0. The largest absolute Gasteiger partial charge is 0.460 e. The van der Waals surface area contributed by atoms with Gasteiger partial charge in [0.25, 0.3) is 0 Å². The van der Waals surface area contributed by atoms with E-state index in [1.807, 2.05) is 41.5 Å². The first-order valence-electron chi connectivity index (χ1n) is 6.87. The van der Waals surface area contributed by atoms with Crippen LogP contribution in [-0.4, -0.2) is 35.6 Å². The van der Waals surface area contributed by atoms with Crippen LogP contribution in [0, 0.1) is 0 Å². The van der Waals surface area contributed by atoms with E-state index >= 15 is 0 Å². The summed E-state index contributed by atoms with van der Waals surface area (Å²) in [6.07, 6.45) is 0.591. The number of carbonyl (C=O) groups is 1. The molecule has 0 amide bonds. The maximum Gasteiger partial charge on any atom is 0.307 e. The molecule has 2 N–H and O–H groups in total. The van der Waals surface area contributed by atoms with E-state index in [1.54, 1.807) is 0 Å². The Morgan fingerprint density at radius 2 is 1.95 bits per heavy atom. The Hall–Kier alpha value is -0.650. The number of ether oxygens (including phenoxy) is 3. The lowest BCUT2D eigenvalue weighted by Gasteiger charge is -2.25. The summed E-state index contributed by atoms with van der Waals surface area (Å²) in [6.45, 7) is 11.2. The lowest BCUT2D eigenvalue weighted by molar-refractivity contribution is -0.159. The third kappa shape index (κ3) is 5.09. The molecular weight excluding hydrogens is 246 g/mol. The summed E-state index contributed by atoms with van der Waals surface area (Å²) >= 11 is 0. The molecule has 1 fully saturated rings. The smallest absolute Gasteiger partial charge is 0.307 e. The van der Waals surface area contributed by atoms with Crippen LogP contribution in [0.1, 0.15) is 54.4 Å². The van der Waals surface area contributed by atoms with Crippen LogP contribution in [-0.2, 0) is 19.0 Å². The molecule has 1 saturated heterocycles. The molecule has 1 aliphatic heterocycles. The van der Waals surface area contributed by atoms with Crippen LogP contribution in [0.4, 0.5) is 0 Å². The maximum atomic E-state index is 11.8. The third-order valence-electron chi connectivity index (χ3n) is 2.87. The predicted octanol–water partition coefficient (Wildman–Crippen LogP) is 1.98. The van der Waals surface area contributed by atoms with Gasteiger partial charge in [0.2, 0.25) is 0 Å². The van der Waals surface area contributed by atoms with E-state index in [1.165, 1.54) is 0 Å². The van der Waals surface area contributed by atoms with E-state index in [0.717, 1.165) is 6.42 Å². The summed E-state index contributed by atoms with van der Waals surface area (Å²) in [5.74, 6) is -0.945. The maximum absolute atomic E-state index is 11.8. The highest BCUT2D eigenvalue weighted by molar-refractivity contribution is 5.70. The fourth-order valence-corrected chi connectivity index (χ4v) is 2.23. The van der Waals surface area contributed by atoms with Gasteiger partial charge in [-0.2, -0.15) is 0 Å². The van der Waals surface area contributed by atoms with Crippen LogP contribution in [0.25, 0.3) is 0 Å². The molecule has 0 aromatic carbocycles. The predicted molar refractivity (Wildman–Crippen MR) is 72.6 cm³/mol. The molecule has 3 atom stereocenters. The third-order valence-corrected chi connectivity index (χ3v) is 2.87. The molecule has 0 radical (unpaired) electrons. The molecule has 0 bridgehead atoms. The first-order valence-corrected chi connectivity index (χ1v) is 6.87. The van der Waals surface area contributed by atoms with Gasteiger partial charge < -0.3 is 19.9 Å². The Labute approximate surface area is 115 Å². The van der Waals surface area contributed by atoms with Crippen molar-refractivity contribution in [2.45, 2.75) is 84.0 Å². The molecule has 1 aliphatic rings. The van der Waals surface area contributed by atoms with Crippen molar-refractivity contribution in [1.29, 1.82) is 0 Å². The van der Waals surface area contributed by atoms with E-state index < -0.39 is 17.4 Å². The minimum Gasteiger partial charge on any atom is -0.460 e. The van der Waals surface area contributed by atoms with Gasteiger partial charge in [0.05, 0.1) is 12.5 Å². The van der Waals surface area contributed by atoms with Gasteiger partial charge in [-0.1, -0.05) is 6.92 Å². The van der Waals surface area contributed by atoms with E-state index in [4.69, 9.17) is 19.9 Å². The number of carbonyl (C=O) groups excluding carboxylic acids is 1. The molecule has 0 aliphatic carbocycles. The first-order chi connectivity index (χ1) is 8.54. The highest BCUT2D eigenvalue weighted by Crippen LogP contribution is 2.31. The Balaban J connectivity index is 2.58. The van der Waals surface area contributed by atoms with Gasteiger partial charge in [-0.15, -0.1) is 0 Å². The normalized spacial score (nSPS) is 28.2. The molecule has 0 saturated carbocycles. The monoisotopic (exact) mass is 273 g/mol. The topological polar surface area (TPSA) is 70.8 Å². The summed E-state index contributed by atoms with van der Waals surface area (Å²) in [4.78, 5) is 11.8. The van der Waals surface area contributed by atoms with Gasteiger partial charge in [0, 0.05) is 6.04 Å². The molecule has 0 unspecified atom stereocenters. The van der Waals surface area contributed by atoms with E-state index in [9.17, 15) is 4.79 Å². The summed E-state index contributed by atoms with van der Waals surface area (Å²) in [5, 5.41) is 0. The van der Waals surface area contributed by atoms with Crippen molar-refractivity contribution in [2.24, 2.45) is 5.73 Å². The first kappa shape index (κ1) is 16.4. The molecule has 5 nitrogen and oxygen atoms in total. The number of nitrogens with two attached hydrogens (primary N) is 1. The van der Waals surface area contributed by atoms with Crippen LogP contribution in [0.5, 0.6) is 0 Å². The van der Waals surface area contributed by atoms with Crippen molar-refractivity contribution in [3.8, 4) is 0 Å². The van der Waals surface area contributed by atoms with E-state index in [0.29, 0.717) is 0 Å². The van der Waals surface area contributed by atoms with Crippen molar-refractivity contribution in [2.75, 3.05) is 0 Å². The Bertz CT molecular complexity index is 322. The lowest BCUT2D eigenvalue weighted by Crippen LogP contribution is -2.43. The standard InChI is InChI=1S/C14H27NO4/c1-7-10-12(19-14(5,6)17-10)9(15)8-11(16)18-13(2,3)4/h9-10,12H,7-8,15H2,1-6H3/t9-,10+,12+/m0/s1. The van der Waals surface area contributed by atoms with E-state index in [2.05, 4.69) is 0 Å². The minimum atomic E-state index is -0.642. The Morgan fingerprint density at radius 1 is 1.37 bits per heavy atom. The average Bonchev–Trinajstić information content (AvgIpc) is 2.50. The fourth-order valence-electron chi connectivity index (χ4n) is 2.23. The van der Waals surface area contributed by atoms with Crippen molar-refractivity contribution in [1.82, 2.24) is 0 Å². The summed E-state index contributed by atoms with van der Waals surface area (Å²) in [6, 6.07) is -0.415. The van der Waals surface area contributed by atoms with Crippen LogP contribution in [0.2, 0.25) is 0 Å². The number of rotatable bonds is 4. The second-order valence-corrected chi connectivity index (χ2v) is 6.50. The molecule has 0 aromatic heterocycles. The minimum absolute atomic E-state index is 0.0764. The molecule has 5 heteroatoms. The highest BCUT2D eigenvalue weighted by atomic mass is 16.8. The van der Waals surface area contributed by atoms with Crippen LogP contribution >= 0.6 is 0 Å². The van der Waals surface area contributed by atoms with Crippen LogP contribution in [0.3, 0.4) is 0 Å². The van der Waals surface area contributed by atoms with Gasteiger partial charge in [0.15, 0.2) is 5.79 Å². The number of hydrogen-bond acceptors (Lipinski definition) is 5. The van der Waals surface area contributed by atoms with E-state index in [-0.39, 0.29) is 24.6 Å². The average molecular weight is 273 g/mol. The zero-order chi connectivity index (χ0) is 14.8. The zero-order valence-electron chi connectivity index (χ0n) is 12.9. The van der Waals surface area contributed by atoms with Gasteiger partial charge in [0.1, 0.15) is 11.7 Å². The molecule has 1 rings (SSSR count). The Morgan fingerprint density at radius 3 is 2.42 bits per heavy atom. The van der Waals surface area contributed by atoms with Gasteiger partial charge >= 0.3 is 5.97 Å². The zero-order valence-corrected chi connectivity index (χ0v) is 12.9. The fraction of sp³-hybridized carbons (Fsp3) is 0.929. The quantitative estimate of drug-likeness (QED) is 0.793. The SMILES string of the molecule is CC[C@H]1OC(C)(C)O[C@@H]1[C@@H](N)CC(=O)OC(C)(C)C. The second-order valence-electron chi connectivity index (χ2n) is 6.50. The van der Waals surface area contributed by atoms with Crippen molar-refractivity contribution < 1.29 is 19.0 Å². The molecule has 19 heavy (non-hydrogen) atoms. The van der Waals surface area contributed by atoms with Crippen molar-refractivity contribution >= 4 is 5.97 Å². The number of hydrogen-bond donors (Lipinski definition) is 1. The van der Waals surface area contributed by atoms with Gasteiger partial charge in [-0.25, -0.2) is 0 Å².